The van der Waals surface area contributed by atoms with E-state index >= 15 is 0 Å². The van der Waals surface area contributed by atoms with Crippen LogP contribution >= 0.6 is 0 Å². The molecular weight excluding hydrogens is 340 g/mol. The van der Waals surface area contributed by atoms with Crippen LogP contribution in [0.25, 0.3) is 0 Å². The van der Waals surface area contributed by atoms with E-state index in [4.69, 9.17) is 14.6 Å². The van der Waals surface area contributed by atoms with Crippen LogP contribution in [-0.4, -0.2) is 54.8 Å². The number of amides is 2. The first kappa shape index (κ1) is 19.7. The lowest BCUT2D eigenvalue weighted by Crippen LogP contribution is -2.55. The number of hydrogen-bond donors (Lipinski definition) is 3. The van der Waals surface area contributed by atoms with E-state index in [-0.39, 0.29) is 18.9 Å². The number of carboxylic acids is 1. The summed E-state index contributed by atoms with van der Waals surface area (Å²) < 4.78 is 10.6. The van der Waals surface area contributed by atoms with Gasteiger partial charge in [-0.3, -0.25) is 14.4 Å². The highest BCUT2D eigenvalue weighted by molar-refractivity contribution is 5.96. The maximum atomic E-state index is 12.2. The Balaban J connectivity index is 1.88. The maximum Gasteiger partial charge on any atom is 0.305 e. The van der Waals surface area contributed by atoms with Crippen LogP contribution < -0.4 is 15.4 Å². The summed E-state index contributed by atoms with van der Waals surface area (Å²) in [5, 5.41) is 14.4. The molecule has 1 aliphatic rings. The van der Waals surface area contributed by atoms with Gasteiger partial charge in [0.1, 0.15) is 5.75 Å². The topological polar surface area (TPSA) is 114 Å². The molecule has 0 radical (unpaired) electrons. The Bertz CT molecular complexity index is 638. The first-order valence-electron chi connectivity index (χ1n) is 8.56. The molecule has 0 aliphatic carbocycles. The molecule has 0 atom stereocenters. The number of nitrogens with one attached hydrogen (secondary N) is 2. The molecule has 0 bridgehead atoms. The number of aliphatic carboxylic acids is 1. The van der Waals surface area contributed by atoms with E-state index in [2.05, 4.69) is 10.6 Å². The number of carbonyl (C=O) groups excluding carboxylic acids is 2. The molecule has 1 saturated heterocycles. The summed E-state index contributed by atoms with van der Waals surface area (Å²) in [5.74, 6) is -1.13. The van der Waals surface area contributed by atoms with Gasteiger partial charge in [0.05, 0.1) is 25.1 Å². The van der Waals surface area contributed by atoms with Crippen LogP contribution in [-0.2, 0) is 14.3 Å². The minimum Gasteiger partial charge on any atom is -0.494 e. The van der Waals surface area contributed by atoms with Gasteiger partial charge in [-0.15, -0.1) is 0 Å². The van der Waals surface area contributed by atoms with Crippen molar-refractivity contribution in [2.24, 2.45) is 0 Å². The van der Waals surface area contributed by atoms with Crippen LogP contribution in [0.1, 0.15) is 36.5 Å². The van der Waals surface area contributed by atoms with Gasteiger partial charge >= 0.3 is 5.97 Å². The van der Waals surface area contributed by atoms with Crippen LogP contribution in [0.5, 0.6) is 5.75 Å². The van der Waals surface area contributed by atoms with Gasteiger partial charge in [-0.25, -0.2) is 0 Å². The molecule has 8 nitrogen and oxygen atoms in total. The third kappa shape index (κ3) is 5.73. The molecule has 8 heteroatoms. The fraction of sp³-hybridized carbons (Fsp3) is 0.500. The molecule has 3 N–H and O–H groups in total. The smallest absolute Gasteiger partial charge is 0.305 e. The van der Waals surface area contributed by atoms with Crippen LogP contribution in [0.15, 0.2) is 24.3 Å². The lowest BCUT2D eigenvalue weighted by Gasteiger charge is -2.36. The molecule has 1 aromatic carbocycles. The monoisotopic (exact) mass is 364 g/mol. The molecule has 26 heavy (non-hydrogen) atoms. The number of rotatable bonds is 8. The number of benzene rings is 1. The Morgan fingerprint density at radius 1 is 1.19 bits per heavy atom. The number of carbonyl (C=O) groups is 3. The second kappa shape index (κ2) is 9.19. The van der Waals surface area contributed by atoms with Crippen LogP contribution in [0.3, 0.4) is 0 Å². The molecule has 0 aromatic heterocycles. The lowest BCUT2D eigenvalue weighted by molar-refractivity contribution is -0.140. The summed E-state index contributed by atoms with van der Waals surface area (Å²) in [6.07, 6.45) is 0.685. The average Bonchev–Trinajstić information content (AvgIpc) is 2.60. The zero-order valence-electron chi connectivity index (χ0n) is 14.7. The highest BCUT2D eigenvalue weighted by atomic mass is 16.5. The van der Waals surface area contributed by atoms with Crippen molar-refractivity contribution in [1.82, 2.24) is 10.6 Å². The normalized spacial score (nSPS) is 15.7. The lowest BCUT2D eigenvalue weighted by atomic mass is 9.86. The van der Waals surface area contributed by atoms with Crippen molar-refractivity contribution >= 4 is 17.8 Å². The molecular formula is C18H24N2O6. The Morgan fingerprint density at radius 3 is 2.42 bits per heavy atom. The van der Waals surface area contributed by atoms with E-state index in [1.54, 1.807) is 24.3 Å². The quantitative estimate of drug-likeness (QED) is 0.633. The maximum absolute atomic E-state index is 12.2. The third-order valence-corrected chi connectivity index (χ3v) is 4.18. The average molecular weight is 364 g/mol. The second-order valence-corrected chi connectivity index (χ2v) is 6.15. The number of ether oxygens (including phenoxy) is 2. The standard InChI is InChI=1S/C18H24N2O6/c1-2-26-14-5-3-13(4-6-14)17(24)19-12-15(21)20-18(11-16(22)23)7-9-25-10-8-18/h3-6H,2,7-12H2,1H3,(H,19,24)(H,20,21)(H,22,23). The van der Waals surface area contributed by atoms with Gasteiger partial charge in [0.2, 0.25) is 5.91 Å². The van der Waals surface area contributed by atoms with Gasteiger partial charge in [-0.1, -0.05) is 0 Å². The Morgan fingerprint density at radius 2 is 1.85 bits per heavy atom. The fourth-order valence-corrected chi connectivity index (χ4v) is 2.87. The van der Waals surface area contributed by atoms with Gasteiger partial charge in [0.15, 0.2) is 0 Å². The summed E-state index contributed by atoms with van der Waals surface area (Å²) in [7, 11) is 0. The van der Waals surface area contributed by atoms with Gasteiger partial charge < -0.3 is 25.2 Å². The van der Waals surface area contributed by atoms with E-state index in [1.165, 1.54) is 0 Å². The van der Waals surface area contributed by atoms with E-state index < -0.39 is 17.4 Å². The summed E-state index contributed by atoms with van der Waals surface area (Å²) in [4.78, 5) is 35.4. The molecule has 142 valence electrons. The third-order valence-electron chi connectivity index (χ3n) is 4.18. The van der Waals surface area contributed by atoms with E-state index in [0.29, 0.717) is 44.0 Å². The van der Waals surface area contributed by atoms with Gasteiger partial charge in [-0.2, -0.15) is 0 Å². The van der Waals surface area contributed by atoms with Crippen molar-refractivity contribution in [2.45, 2.75) is 31.7 Å². The molecule has 1 aromatic rings. The van der Waals surface area contributed by atoms with Crippen LogP contribution in [0.4, 0.5) is 0 Å². The minimum absolute atomic E-state index is 0.172. The Hall–Kier alpha value is -2.61. The number of hydrogen-bond acceptors (Lipinski definition) is 5. The van der Waals surface area contributed by atoms with Crippen molar-refractivity contribution in [3.63, 3.8) is 0 Å². The highest BCUT2D eigenvalue weighted by Gasteiger charge is 2.36. The van der Waals surface area contributed by atoms with Gasteiger partial charge in [-0.05, 0) is 44.0 Å². The zero-order chi connectivity index (χ0) is 19.0. The molecule has 0 unspecified atom stereocenters. The molecule has 2 rings (SSSR count). The van der Waals surface area contributed by atoms with Crippen LogP contribution in [0.2, 0.25) is 0 Å². The van der Waals surface area contributed by atoms with Crippen molar-refractivity contribution in [1.29, 1.82) is 0 Å². The van der Waals surface area contributed by atoms with E-state index in [0.717, 1.165) is 0 Å². The first-order valence-corrected chi connectivity index (χ1v) is 8.56. The molecule has 1 heterocycles. The van der Waals surface area contributed by atoms with Gasteiger partial charge in [0.25, 0.3) is 5.91 Å². The van der Waals surface area contributed by atoms with Crippen molar-refractivity contribution in [2.75, 3.05) is 26.4 Å². The van der Waals surface area contributed by atoms with Crippen molar-refractivity contribution in [3.8, 4) is 5.75 Å². The molecule has 1 fully saturated rings. The minimum atomic E-state index is -0.981. The zero-order valence-corrected chi connectivity index (χ0v) is 14.7. The van der Waals surface area contributed by atoms with E-state index in [1.807, 2.05) is 6.92 Å². The Labute approximate surface area is 151 Å². The van der Waals surface area contributed by atoms with Gasteiger partial charge in [0, 0.05) is 18.8 Å². The highest BCUT2D eigenvalue weighted by Crippen LogP contribution is 2.24. The largest absolute Gasteiger partial charge is 0.494 e. The van der Waals surface area contributed by atoms with Crippen molar-refractivity contribution < 1.29 is 29.0 Å². The SMILES string of the molecule is CCOc1ccc(C(=O)NCC(=O)NC2(CC(=O)O)CCOCC2)cc1. The first-order chi connectivity index (χ1) is 12.4. The predicted octanol–water partition coefficient (Wildman–Crippen LogP) is 0.955. The second-order valence-electron chi connectivity index (χ2n) is 6.15. The summed E-state index contributed by atoms with van der Waals surface area (Å²) >= 11 is 0. The van der Waals surface area contributed by atoms with E-state index in [9.17, 15) is 14.4 Å². The summed E-state index contributed by atoms with van der Waals surface area (Å²) in [5.41, 5.74) is -0.419. The molecule has 2 amide bonds. The Kier molecular flexibility index (Phi) is 6.97. The van der Waals surface area contributed by atoms with Crippen LogP contribution in [0, 0.1) is 0 Å². The summed E-state index contributed by atoms with van der Waals surface area (Å²) in [6.45, 7) is 2.97. The number of carboxylic acid groups (broad SMARTS) is 1. The molecule has 1 aliphatic heterocycles. The van der Waals surface area contributed by atoms with Crippen molar-refractivity contribution in [3.05, 3.63) is 29.8 Å². The predicted molar refractivity (Wildman–Crippen MR) is 93.1 cm³/mol. The summed E-state index contributed by atoms with van der Waals surface area (Å²) in [6, 6.07) is 6.59. The fourth-order valence-electron chi connectivity index (χ4n) is 2.87. The molecule has 0 spiro atoms. The molecule has 0 saturated carbocycles.